The van der Waals surface area contributed by atoms with Crippen LogP contribution in [0.2, 0.25) is 5.02 Å². The largest absolute Gasteiger partial charge is 0.339 e. The molecule has 20 heavy (non-hydrogen) atoms. The first kappa shape index (κ1) is 13.3. The second-order valence-electron chi connectivity index (χ2n) is 4.83. The van der Waals surface area contributed by atoms with Crippen LogP contribution in [0, 0.1) is 5.82 Å². The van der Waals surface area contributed by atoms with Crippen LogP contribution in [0.1, 0.15) is 29.6 Å². The minimum Gasteiger partial charge on any atom is -0.339 e. The van der Waals surface area contributed by atoms with Crippen molar-refractivity contribution in [1.29, 1.82) is 0 Å². The van der Waals surface area contributed by atoms with E-state index >= 15 is 0 Å². The van der Waals surface area contributed by atoms with Gasteiger partial charge >= 0.3 is 0 Å². The van der Waals surface area contributed by atoms with Gasteiger partial charge in [0, 0.05) is 12.5 Å². The molecular weight excluding hydrogens is 281 g/mol. The van der Waals surface area contributed by atoms with E-state index in [1.54, 1.807) is 12.1 Å². The lowest BCUT2D eigenvalue weighted by atomic mass is 10.1. The Hall–Kier alpha value is -1.72. The molecule has 1 aliphatic carbocycles. The monoisotopic (exact) mass is 293 g/mol. The predicted octanol–water partition coefficient (Wildman–Crippen LogP) is 2.82. The van der Waals surface area contributed by atoms with Crippen LogP contribution in [0.5, 0.6) is 0 Å². The summed E-state index contributed by atoms with van der Waals surface area (Å²) in [6.45, 7) is 0. The molecule has 0 amide bonds. The maximum Gasteiger partial charge on any atom is 0.233 e. The van der Waals surface area contributed by atoms with E-state index in [9.17, 15) is 4.39 Å². The molecule has 2 atom stereocenters. The summed E-state index contributed by atoms with van der Waals surface area (Å²) in [7, 11) is 0. The summed E-state index contributed by atoms with van der Waals surface area (Å²) >= 11 is 5.74. The van der Waals surface area contributed by atoms with Crippen molar-refractivity contribution in [1.82, 2.24) is 10.1 Å². The SMILES string of the molecule is NC1C=CC(c2nc(Cc3cccc(Cl)c3F)no2)C1. The van der Waals surface area contributed by atoms with Gasteiger partial charge in [0.15, 0.2) is 5.82 Å². The molecule has 1 heterocycles. The molecule has 0 aliphatic heterocycles. The summed E-state index contributed by atoms with van der Waals surface area (Å²) in [6, 6.07) is 4.89. The van der Waals surface area contributed by atoms with Gasteiger partial charge in [0.1, 0.15) is 5.82 Å². The Morgan fingerprint density at radius 1 is 1.40 bits per heavy atom. The van der Waals surface area contributed by atoms with Crippen LogP contribution >= 0.6 is 11.6 Å². The Morgan fingerprint density at radius 3 is 3.00 bits per heavy atom. The highest BCUT2D eigenvalue weighted by Gasteiger charge is 2.23. The highest BCUT2D eigenvalue weighted by molar-refractivity contribution is 6.30. The predicted molar refractivity (Wildman–Crippen MR) is 73.0 cm³/mol. The third-order valence-corrected chi connectivity index (χ3v) is 3.59. The van der Waals surface area contributed by atoms with E-state index in [2.05, 4.69) is 10.1 Å². The summed E-state index contributed by atoms with van der Waals surface area (Å²) in [5.74, 6) is 0.570. The summed E-state index contributed by atoms with van der Waals surface area (Å²) < 4.78 is 19.0. The number of benzene rings is 1. The summed E-state index contributed by atoms with van der Waals surface area (Å²) in [5.41, 5.74) is 6.24. The van der Waals surface area contributed by atoms with Crippen molar-refractivity contribution >= 4 is 11.6 Å². The number of nitrogens with two attached hydrogens (primary N) is 1. The molecule has 1 aliphatic rings. The van der Waals surface area contributed by atoms with Gasteiger partial charge in [0.05, 0.1) is 10.9 Å². The smallest absolute Gasteiger partial charge is 0.233 e. The van der Waals surface area contributed by atoms with Crippen molar-refractivity contribution in [2.24, 2.45) is 5.73 Å². The number of hydrogen-bond acceptors (Lipinski definition) is 4. The lowest BCUT2D eigenvalue weighted by Crippen LogP contribution is -2.14. The van der Waals surface area contributed by atoms with Crippen molar-refractivity contribution in [3.63, 3.8) is 0 Å². The van der Waals surface area contributed by atoms with Gasteiger partial charge in [-0.15, -0.1) is 0 Å². The van der Waals surface area contributed by atoms with E-state index in [1.165, 1.54) is 6.07 Å². The Balaban J connectivity index is 1.77. The molecule has 3 rings (SSSR count). The van der Waals surface area contributed by atoms with E-state index in [0.717, 1.165) is 6.42 Å². The highest BCUT2D eigenvalue weighted by Crippen LogP contribution is 2.27. The van der Waals surface area contributed by atoms with Crippen LogP contribution in [0.25, 0.3) is 0 Å². The molecule has 0 fully saturated rings. The van der Waals surface area contributed by atoms with Crippen LogP contribution in [-0.2, 0) is 6.42 Å². The van der Waals surface area contributed by atoms with Gasteiger partial charge < -0.3 is 10.3 Å². The minimum atomic E-state index is -0.441. The minimum absolute atomic E-state index is 0.0284. The quantitative estimate of drug-likeness (QED) is 0.884. The fraction of sp³-hybridized carbons (Fsp3) is 0.286. The maximum atomic E-state index is 13.8. The molecule has 4 nitrogen and oxygen atoms in total. The van der Waals surface area contributed by atoms with E-state index in [4.69, 9.17) is 21.9 Å². The third-order valence-electron chi connectivity index (χ3n) is 3.30. The van der Waals surface area contributed by atoms with Gasteiger partial charge in [0.25, 0.3) is 0 Å². The molecule has 0 radical (unpaired) electrons. The number of aromatic nitrogens is 2. The number of allylic oxidation sites excluding steroid dienone is 1. The molecule has 0 spiro atoms. The van der Waals surface area contributed by atoms with Crippen LogP contribution < -0.4 is 5.73 Å². The molecular formula is C14H13ClFN3O. The summed E-state index contributed by atoms with van der Waals surface area (Å²) in [6.07, 6.45) is 4.89. The van der Waals surface area contributed by atoms with E-state index < -0.39 is 5.82 Å². The lowest BCUT2D eigenvalue weighted by molar-refractivity contribution is 0.360. The lowest BCUT2D eigenvalue weighted by Gasteiger charge is -2.02. The molecule has 6 heteroatoms. The zero-order valence-corrected chi connectivity index (χ0v) is 11.3. The van der Waals surface area contributed by atoms with Crippen LogP contribution in [0.4, 0.5) is 4.39 Å². The van der Waals surface area contributed by atoms with Gasteiger partial charge in [-0.25, -0.2) is 4.39 Å². The first-order valence-electron chi connectivity index (χ1n) is 6.33. The molecule has 0 saturated heterocycles. The first-order valence-corrected chi connectivity index (χ1v) is 6.70. The number of hydrogen-bond donors (Lipinski definition) is 1. The van der Waals surface area contributed by atoms with Crippen molar-refractivity contribution in [2.45, 2.75) is 24.8 Å². The number of halogens is 2. The average molecular weight is 294 g/mol. The summed E-state index contributed by atoms with van der Waals surface area (Å²) in [4.78, 5) is 4.30. The zero-order valence-electron chi connectivity index (χ0n) is 10.6. The van der Waals surface area contributed by atoms with Gasteiger partial charge in [-0.1, -0.05) is 41.0 Å². The second-order valence-corrected chi connectivity index (χ2v) is 5.24. The Kier molecular flexibility index (Phi) is 3.54. The van der Waals surface area contributed by atoms with Gasteiger partial charge in [0.2, 0.25) is 5.89 Å². The Labute approximate surface area is 120 Å². The number of rotatable bonds is 3. The fourth-order valence-electron chi connectivity index (χ4n) is 2.26. The van der Waals surface area contributed by atoms with Crippen molar-refractivity contribution in [3.8, 4) is 0 Å². The van der Waals surface area contributed by atoms with Crippen LogP contribution in [0.3, 0.4) is 0 Å². The molecule has 1 aromatic heterocycles. The Bertz CT molecular complexity index is 656. The second kappa shape index (κ2) is 5.34. The molecule has 104 valence electrons. The molecule has 2 aromatic rings. The molecule has 2 unspecified atom stereocenters. The normalized spacial score (nSPS) is 21.6. The zero-order chi connectivity index (χ0) is 14.1. The topological polar surface area (TPSA) is 64.9 Å². The van der Waals surface area contributed by atoms with Crippen LogP contribution in [-0.4, -0.2) is 16.2 Å². The van der Waals surface area contributed by atoms with Gasteiger partial charge in [-0.2, -0.15) is 4.98 Å². The molecule has 2 N–H and O–H groups in total. The molecule has 0 saturated carbocycles. The van der Waals surface area contributed by atoms with Crippen molar-refractivity contribution < 1.29 is 8.91 Å². The molecule has 1 aromatic carbocycles. The van der Waals surface area contributed by atoms with E-state index in [1.807, 2.05) is 12.2 Å². The van der Waals surface area contributed by atoms with E-state index in [-0.39, 0.29) is 23.4 Å². The van der Waals surface area contributed by atoms with Gasteiger partial charge in [-0.05, 0) is 18.1 Å². The average Bonchev–Trinajstić information content (AvgIpc) is 3.04. The van der Waals surface area contributed by atoms with E-state index in [0.29, 0.717) is 17.3 Å². The Morgan fingerprint density at radius 2 is 2.25 bits per heavy atom. The maximum absolute atomic E-state index is 13.8. The van der Waals surface area contributed by atoms with Crippen molar-refractivity contribution in [2.75, 3.05) is 0 Å². The standard InChI is InChI=1S/C14H13ClFN3O/c15-11-3-1-2-8(13(11)16)7-12-18-14(20-19-12)9-4-5-10(17)6-9/h1-5,9-10H,6-7,17H2. The fourth-order valence-corrected chi connectivity index (χ4v) is 2.45. The third kappa shape index (κ3) is 2.59. The van der Waals surface area contributed by atoms with Crippen molar-refractivity contribution in [3.05, 3.63) is 58.5 Å². The first-order chi connectivity index (χ1) is 9.63. The summed E-state index contributed by atoms with van der Waals surface area (Å²) in [5, 5.41) is 3.97. The van der Waals surface area contributed by atoms with Gasteiger partial charge in [-0.3, -0.25) is 0 Å². The molecule has 0 bridgehead atoms. The highest BCUT2D eigenvalue weighted by atomic mass is 35.5. The number of nitrogens with zero attached hydrogens (tertiary/aromatic N) is 2. The van der Waals surface area contributed by atoms with Crippen LogP contribution in [0.15, 0.2) is 34.9 Å².